The van der Waals surface area contributed by atoms with E-state index in [9.17, 15) is 0 Å². The molecule has 0 atom stereocenters. The number of aliphatic imine (C=N–C) groups is 1. The molecule has 0 N–H and O–H groups in total. The summed E-state index contributed by atoms with van der Waals surface area (Å²) in [4.78, 5) is 3.60. The first-order chi connectivity index (χ1) is 9.35. The molecule has 0 bridgehead atoms. The second-order valence-electron chi connectivity index (χ2n) is 3.21. The third kappa shape index (κ3) is 12.0. The number of hydrogen-bond acceptors (Lipinski definition) is 3. The molecule has 2 aromatic carbocycles. The fourth-order valence-corrected chi connectivity index (χ4v) is 1.04. The second-order valence-corrected chi connectivity index (χ2v) is 3.21. The van der Waals surface area contributed by atoms with Gasteiger partial charge in [-0.2, -0.15) is 0 Å². The number of ether oxygens (including phenoxy) is 2. The molecule has 0 heterocycles. The van der Waals surface area contributed by atoms with Crippen LogP contribution in [0.1, 0.15) is 0 Å². The molecule has 2 aromatic rings. The summed E-state index contributed by atoms with van der Waals surface area (Å²) < 4.78 is 9.15. The van der Waals surface area contributed by atoms with Crippen LogP contribution in [0.25, 0.3) is 0 Å². The molecule has 0 aliphatic rings. The molecule has 2 rings (SSSR count). The number of hydrogen-bond donors (Lipinski definition) is 0. The van der Waals surface area contributed by atoms with E-state index in [1.165, 1.54) is 14.2 Å². The first-order valence-electron chi connectivity index (χ1n) is 5.90. The summed E-state index contributed by atoms with van der Waals surface area (Å²) in [5.41, 5.74) is 0. The predicted molar refractivity (Wildman–Crippen MR) is 80.3 cm³/mol. The zero-order valence-corrected chi connectivity index (χ0v) is 11.7. The van der Waals surface area contributed by atoms with E-state index in [4.69, 9.17) is 0 Å². The van der Waals surface area contributed by atoms with Crippen molar-refractivity contribution in [2.45, 2.75) is 0 Å². The molecule has 3 nitrogen and oxygen atoms in total. The quantitative estimate of drug-likeness (QED) is 0.534. The van der Waals surface area contributed by atoms with Gasteiger partial charge in [0.2, 0.25) is 0 Å². The van der Waals surface area contributed by atoms with Crippen LogP contribution in [0, 0.1) is 0 Å². The summed E-state index contributed by atoms with van der Waals surface area (Å²) >= 11 is 0. The average molecular weight is 259 g/mol. The van der Waals surface area contributed by atoms with Gasteiger partial charge in [0, 0.05) is 7.05 Å². The fourth-order valence-electron chi connectivity index (χ4n) is 1.04. The maximum atomic E-state index is 4.58. The van der Waals surface area contributed by atoms with Gasteiger partial charge in [-0.05, 0) is 0 Å². The predicted octanol–water partition coefficient (Wildman–Crippen LogP) is 3.64. The van der Waals surface area contributed by atoms with Crippen LogP contribution < -0.4 is 0 Å². The lowest BCUT2D eigenvalue weighted by Gasteiger charge is -1.97. The summed E-state index contributed by atoms with van der Waals surface area (Å²) in [6.45, 7) is 0. The van der Waals surface area contributed by atoms with E-state index in [2.05, 4.69) is 14.5 Å². The van der Waals surface area contributed by atoms with E-state index in [0.717, 1.165) is 0 Å². The van der Waals surface area contributed by atoms with Gasteiger partial charge in [0.05, 0.1) is 14.2 Å². The molecule has 0 aliphatic heterocycles. The van der Waals surface area contributed by atoms with Gasteiger partial charge >= 0.3 is 6.08 Å². The molecule has 0 amide bonds. The lowest BCUT2D eigenvalue weighted by molar-refractivity contribution is 0.242. The highest BCUT2D eigenvalue weighted by Gasteiger charge is 1.86. The van der Waals surface area contributed by atoms with Gasteiger partial charge in [-0.1, -0.05) is 72.8 Å². The van der Waals surface area contributed by atoms with Crippen molar-refractivity contribution in [2.75, 3.05) is 21.3 Å². The van der Waals surface area contributed by atoms with Crippen LogP contribution in [0.5, 0.6) is 0 Å². The van der Waals surface area contributed by atoms with Crippen molar-refractivity contribution in [1.82, 2.24) is 0 Å². The van der Waals surface area contributed by atoms with E-state index in [0.29, 0.717) is 6.08 Å². The Morgan fingerprint density at radius 1 is 0.579 bits per heavy atom. The van der Waals surface area contributed by atoms with Crippen LogP contribution in [-0.4, -0.2) is 27.4 Å². The smallest absolute Gasteiger partial charge is 0.382 e. The maximum absolute atomic E-state index is 4.58. The minimum Gasteiger partial charge on any atom is -0.454 e. The zero-order valence-electron chi connectivity index (χ0n) is 11.7. The molecule has 0 spiro atoms. The Kier molecular flexibility index (Phi) is 12.1. The Bertz CT molecular complexity index is 311. The summed E-state index contributed by atoms with van der Waals surface area (Å²) in [5, 5.41) is 0. The van der Waals surface area contributed by atoms with Crippen LogP contribution >= 0.6 is 0 Å². The van der Waals surface area contributed by atoms with E-state index in [1.54, 1.807) is 7.05 Å². The van der Waals surface area contributed by atoms with Gasteiger partial charge in [0.15, 0.2) is 0 Å². The van der Waals surface area contributed by atoms with Crippen molar-refractivity contribution < 1.29 is 9.47 Å². The molecule has 0 fully saturated rings. The SMILES string of the molecule is CN=C(OC)OC.c1ccccc1.c1ccccc1. The summed E-state index contributed by atoms with van der Waals surface area (Å²) in [7, 11) is 4.61. The molecular formula is C16H21NO2. The molecule has 0 radical (unpaired) electrons. The van der Waals surface area contributed by atoms with Crippen LogP contribution in [0.3, 0.4) is 0 Å². The molecule has 0 aromatic heterocycles. The molecule has 19 heavy (non-hydrogen) atoms. The highest BCUT2D eigenvalue weighted by molar-refractivity contribution is 5.65. The largest absolute Gasteiger partial charge is 0.454 e. The number of rotatable bonds is 0. The molecule has 0 unspecified atom stereocenters. The summed E-state index contributed by atoms with van der Waals surface area (Å²) in [6, 6.07) is 24.0. The monoisotopic (exact) mass is 259 g/mol. The third-order valence-electron chi connectivity index (χ3n) is 1.87. The van der Waals surface area contributed by atoms with Crippen molar-refractivity contribution in [1.29, 1.82) is 0 Å². The Labute approximate surface area is 115 Å². The van der Waals surface area contributed by atoms with E-state index in [-0.39, 0.29) is 0 Å². The van der Waals surface area contributed by atoms with E-state index < -0.39 is 0 Å². The summed E-state index contributed by atoms with van der Waals surface area (Å²) in [5.74, 6) is 0. The topological polar surface area (TPSA) is 30.8 Å². The molecular weight excluding hydrogens is 238 g/mol. The van der Waals surface area contributed by atoms with E-state index >= 15 is 0 Å². The highest BCUT2D eigenvalue weighted by Crippen LogP contribution is 1.80. The highest BCUT2D eigenvalue weighted by atomic mass is 16.7. The molecule has 0 aliphatic carbocycles. The van der Waals surface area contributed by atoms with E-state index in [1.807, 2.05) is 72.8 Å². The second kappa shape index (κ2) is 13.8. The van der Waals surface area contributed by atoms with Crippen molar-refractivity contribution in [3.8, 4) is 0 Å². The number of methoxy groups -OCH3 is 2. The number of benzene rings is 2. The van der Waals surface area contributed by atoms with Crippen molar-refractivity contribution in [2.24, 2.45) is 4.99 Å². The lowest BCUT2D eigenvalue weighted by Crippen LogP contribution is -2.01. The Hall–Kier alpha value is -2.29. The minimum atomic E-state index is 0.306. The third-order valence-corrected chi connectivity index (χ3v) is 1.87. The fraction of sp³-hybridized carbons (Fsp3) is 0.188. The Morgan fingerprint density at radius 2 is 0.789 bits per heavy atom. The van der Waals surface area contributed by atoms with Gasteiger partial charge in [-0.25, -0.2) is 4.99 Å². The molecule has 102 valence electrons. The van der Waals surface area contributed by atoms with Crippen LogP contribution in [0.15, 0.2) is 77.8 Å². The zero-order chi connectivity index (χ0) is 14.2. The lowest BCUT2D eigenvalue weighted by atomic mass is 10.4. The van der Waals surface area contributed by atoms with Crippen LogP contribution in [0.2, 0.25) is 0 Å². The van der Waals surface area contributed by atoms with Gasteiger partial charge < -0.3 is 9.47 Å². The van der Waals surface area contributed by atoms with Gasteiger partial charge in [0.1, 0.15) is 0 Å². The normalized spacial score (nSPS) is 7.74. The van der Waals surface area contributed by atoms with Crippen LogP contribution in [0.4, 0.5) is 0 Å². The minimum absolute atomic E-state index is 0.306. The number of nitrogens with zero attached hydrogens (tertiary/aromatic N) is 1. The molecule has 0 saturated heterocycles. The van der Waals surface area contributed by atoms with Gasteiger partial charge in [0.25, 0.3) is 0 Å². The average Bonchev–Trinajstić information content (AvgIpc) is 2.54. The maximum Gasteiger partial charge on any atom is 0.382 e. The Balaban J connectivity index is 0.000000256. The standard InChI is InChI=1S/2C6H6.C4H9NO2/c2*1-2-4-6-5-3-1;1-5-4(6-2)7-3/h2*1-6H;1-3H3. The van der Waals surface area contributed by atoms with Crippen molar-refractivity contribution in [3.05, 3.63) is 72.8 Å². The summed E-state index contributed by atoms with van der Waals surface area (Å²) in [6.07, 6.45) is 0.306. The first kappa shape index (κ1) is 16.7. The first-order valence-corrected chi connectivity index (χ1v) is 5.90. The molecule has 3 heteroatoms. The van der Waals surface area contributed by atoms with Crippen LogP contribution in [-0.2, 0) is 9.47 Å². The van der Waals surface area contributed by atoms with Gasteiger partial charge in [-0.15, -0.1) is 0 Å². The van der Waals surface area contributed by atoms with Gasteiger partial charge in [-0.3, -0.25) is 0 Å². The Morgan fingerprint density at radius 3 is 0.842 bits per heavy atom. The van der Waals surface area contributed by atoms with Crippen molar-refractivity contribution in [3.63, 3.8) is 0 Å². The molecule has 0 saturated carbocycles. The van der Waals surface area contributed by atoms with Crippen molar-refractivity contribution >= 4 is 6.08 Å².